The summed E-state index contributed by atoms with van der Waals surface area (Å²) in [5.41, 5.74) is 1.40. The molecule has 23 heavy (non-hydrogen) atoms. The average Bonchev–Trinajstić information content (AvgIpc) is 3.13. The number of hydrogen-bond acceptors (Lipinski definition) is 9. The Kier molecular flexibility index (Phi) is 4.82. The highest BCUT2D eigenvalue weighted by Crippen LogP contribution is 2.25. The maximum atomic E-state index is 11.6. The minimum absolute atomic E-state index is 0.147. The van der Waals surface area contributed by atoms with Gasteiger partial charge in [0.1, 0.15) is 4.88 Å². The van der Waals surface area contributed by atoms with Crippen LogP contribution in [-0.2, 0) is 12.2 Å². The molecule has 0 aromatic carbocycles. The van der Waals surface area contributed by atoms with Gasteiger partial charge in [0.05, 0.1) is 11.4 Å². The fourth-order valence-electron chi connectivity index (χ4n) is 1.90. The van der Waals surface area contributed by atoms with Crippen LogP contribution >= 0.6 is 23.3 Å². The van der Waals surface area contributed by atoms with Crippen molar-refractivity contribution in [3.8, 4) is 10.8 Å². The Labute approximate surface area is 139 Å². The second-order valence-electron chi connectivity index (χ2n) is 4.78. The van der Waals surface area contributed by atoms with Crippen molar-refractivity contribution < 1.29 is 4.52 Å². The summed E-state index contributed by atoms with van der Waals surface area (Å²) in [4.78, 5) is 23.8. The van der Waals surface area contributed by atoms with Crippen LogP contribution in [0.5, 0.6) is 0 Å². The zero-order valence-electron chi connectivity index (χ0n) is 12.6. The van der Waals surface area contributed by atoms with Gasteiger partial charge in [0.2, 0.25) is 0 Å². The highest BCUT2D eigenvalue weighted by atomic mass is 32.2. The molecule has 3 heterocycles. The van der Waals surface area contributed by atoms with Gasteiger partial charge in [0.15, 0.2) is 11.0 Å². The second kappa shape index (κ2) is 7.01. The molecule has 0 atom stereocenters. The lowest BCUT2D eigenvalue weighted by Crippen LogP contribution is -2.10. The van der Waals surface area contributed by atoms with Crippen LogP contribution in [0.3, 0.4) is 0 Å². The minimum Gasteiger partial charge on any atom is -0.333 e. The van der Waals surface area contributed by atoms with E-state index in [0.29, 0.717) is 22.6 Å². The standard InChI is InChI=1S/C13H14N6O2S2/c1-3-4-8-5-10(20)16-13(14-8)22-6-9-15-12(21-18-9)11-7(2)17-19-23-11/h5H,3-4,6H2,1-2H3,(H,14,16,20). The number of aryl methyl sites for hydroxylation is 2. The number of nitrogens with one attached hydrogen (secondary N) is 1. The minimum atomic E-state index is -0.147. The average molecular weight is 350 g/mol. The lowest BCUT2D eigenvalue weighted by molar-refractivity contribution is 0.425. The molecule has 0 radical (unpaired) electrons. The summed E-state index contributed by atoms with van der Waals surface area (Å²) in [6.07, 6.45) is 1.72. The molecular weight excluding hydrogens is 336 g/mol. The first-order chi connectivity index (χ1) is 11.2. The maximum absolute atomic E-state index is 11.6. The summed E-state index contributed by atoms with van der Waals surface area (Å²) in [6, 6.07) is 1.53. The second-order valence-corrected chi connectivity index (χ2v) is 6.50. The predicted molar refractivity (Wildman–Crippen MR) is 86.4 cm³/mol. The molecule has 0 saturated heterocycles. The molecule has 0 spiro atoms. The van der Waals surface area contributed by atoms with Gasteiger partial charge in [-0.2, -0.15) is 4.98 Å². The number of aromatic amines is 1. The molecule has 10 heteroatoms. The van der Waals surface area contributed by atoms with E-state index in [4.69, 9.17) is 4.52 Å². The molecule has 0 aliphatic rings. The number of nitrogens with zero attached hydrogens (tertiary/aromatic N) is 5. The van der Waals surface area contributed by atoms with Crippen LogP contribution in [0, 0.1) is 6.92 Å². The summed E-state index contributed by atoms with van der Waals surface area (Å²) in [6.45, 7) is 3.89. The first-order valence-electron chi connectivity index (χ1n) is 7.00. The SMILES string of the molecule is CCCc1cc(=O)[nH]c(SCc2noc(-c3snnc3C)n2)n1. The zero-order chi connectivity index (χ0) is 16.2. The highest BCUT2D eigenvalue weighted by Gasteiger charge is 2.15. The zero-order valence-corrected chi connectivity index (χ0v) is 14.2. The molecular formula is C13H14N6O2S2. The van der Waals surface area contributed by atoms with Crippen LogP contribution in [0.2, 0.25) is 0 Å². The summed E-state index contributed by atoms with van der Waals surface area (Å²) in [7, 11) is 0. The van der Waals surface area contributed by atoms with Crippen LogP contribution in [-0.4, -0.2) is 29.7 Å². The third kappa shape index (κ3) is 3.82. The van der Waals surface area contributed by atoms with E-state index in [1.165, 1.54) is 29.4 Å². The fraction of sp³-hybridized carbons (Fsp3) is 0.385. The largest absolute Gasteiger partial charge is 0.333 e. The van der Waals surface area contributed by atoms with Crippen molar-refractivity contribution in [1.29, 1.82) is 0 Å². The highest BCUT2D eigenvalue weighted by molar-refractivity contribution is 7.98. The number of aromatic nitrogens is 6. The Bertz CT molecular complexity index is 856. The van der Waals surface area contributed by atoms with E-state index in [1.807, 2.05) is 13.8 Å². The number of hydrogen-bond donors (Lipinski definition) is 1. The van der Waals surface area contributed by atoms with E-state index in [1.54, 1.807) is 0 Å². The number of rotatable bonds is 6. The topological polar surface area (TPSA) is 110 Å². The molecule has 0 aliphatic carbocycles. The lowest BCUT2D eigenvalue weighted by atomic mass is 10.2. The molecule has 0 fully saturated rings. The first kappa shape index (κ1) is 15.8. The van der Waals surface area contributed by atoms with Crippen LogP contribution < -0.4 is 5.56 Å². The van der Waals surface area contributed by atoms with Gasteiger partial charge < -0.3 is 9.51 Å². The molecule has 0 amide bonds. The molecule has 0 aliphatic heterocycles. The van der Waals surface area contributed by atoms with Gasteiger partial charge in [-0.1, -0.05) is 34.8 Å². The van der Waals surface area contributed by atoms with E-state index in [9.17, 15) is 4.79 Å². The van der Waals surface area contributed by atoms with Crippen molar-refractivity contribution in [3.05, 3.63) is 33.6 Å². The first-order valence-corrected chi connectivity index (χ1v) is 8.76. The normalized spacial score (nSPS) is 11.0. The quantitative estimate of drug-likeness (QED) is 0.532. The van der Waals surface area contributed by atoms with Gasteiger partial charge in [0.25, 0.3) is 11.4 Å². The van der Waals surface area contributed by atoms with E-state index in [2.05, 4.69) is 29.7 Å². The summed E-state index contributed by atoms with van der Waals surface area (Å²) < 4.78 is 9.07. The summed E-state index contributed by atoms with van der Waals surface area (Å²) in [5.74, 6) is 1.39. The lowest BCUT2D eigenvalue weighted by Gasteiger charge is -2.01. The molecule has 0 unspecified atom stereocenters. The monoisotopic (exact) mass is 350 g/mol. The van der Waals surface area contributed by atoms with Crippen LogP contribution in [0.1, 0.15) is 30.6 Å². The Morgan fingerprint density at radius 2 is 2.26 bits per heavy atom. The smallest absolute Gasteiger partial charge is 0.271 e. The predicted octanol–water partition coefficient (Wildman–Crippen LogP) is 2.22. The number of H-pyrrole nitrogens is 1. The molecule has 0 saturated carbocycles. The van der Waals surface area contributed by atoms with E-state index >= 15 is 0 Å². The van der Waals surface area contributed by atoms with Crippen LogP contribution in [0.4, 0.5) is 0 Å². The summed E-state index contributed by atoms with van der Waals surface area (Å²) >= 11 is 2.58. The van der Waals surface area contributed by atoms with E-state index in [0.717, 1.165) is 29.1 Å². The van der Waals surface area contributed by atoms with Gasteiger partial charge in [0, 0.05) is 11.8 Å². The molecule has 3 rings (SSSR count). The Morgan fingerprint density at radius 1 is 1.39 bits per heavy atom. The van der Waals surface area contributed by atoms with Crippen molar-refractivity contribution in [2.45, 2.75) is 37.6 Å². The Balaban J connectivity index is 1.71. The van der Waals surface area contributed by atoms with Crippen molar-refractivity contribution >= 4 is 23.3 Å². The van der Waals surface area contributed by atoms with Crippen molar-refractivity contribution in [2.24, 2.45) is 0 Å². The fourth-order valence-corrected chi connectivity index (χ4v) is 3.22. The van der Waals surface area contributed by atoms with E-state index in [-0.39, 0.29) is 5.56 Å². The van der Waals surface area contributed by atoms with Gasteiger partial charge in [-0.05, 0) is 24.9 Å². The molecule has 8 nitrogen and oxygen atoms in total. The molecule has 3 aromatic heterocycles. The Hall–Kier alpha value is -2.07. The van der Waals surface area contributed by atoms with Crippen molar-refractivity contribution in [2.75, 3.05) is 0 Å². The van der Waals surface area contributed by atoms with Gasteiger partial charge in [-0.25, -0.2) is 4.98 Å². The van der Waals surface area contributed by atoms with Crippen molar-refractivity contribution in [1.82, 2.24) is 29.7 Å². The Morgan fingerprint density at radius 3 is 3.00 bits per heavy atom. The van der Waals surface area contributed by atoms with Crippen LogP contribution in [0.25, 0.3) is 10.8 Å². The van der Waals surface area contributed by atoms with Gasteiger partial charge >= 0.3 is 0 Å². The molecule has 0 bridgehead atoms. The molecule has 1 N–H and O–H groups in total. The number of thioether (sulfide) groups is 1. The summed E-state index contributed by atoms with van der Waals surface area (Å²) in [5, 5.41) is 8.41. The third-order valence-electron chi connectivity index (χ3n) is 2.93. The molecule has 3 aromatic rings. The van der Waals surface area contributed by atoms with E-state index < -0.39 is 0 Å². The molecule has 120 valence electrons. The van der Waals surface area contributed by atoms with Crippen molar-refractivity contribution in [3.63, 3.8) is 0 Å². The maximum Gasteiger partial charge on any atom is 0.271 e. The van der Waals surface area contributed by atoms with Gasteiger partial charge in [-0.15, -0.1) is 5.10 Å². The third-order valence-corrected chi connectivity index (χ3v) is 4.62. The van der Waals surface area contributed by atoms with Crippen LogP contribution in [0.15, 0.2) is 20.5 Å². The van der Waals surface area contributed by atoms with Gasteiger partial charge in [-0.3, -0.25) is 4.79 Å².